The van der Waals surface area contributed by atoms with Crippen molar-refractivity contribution in [1.82, 2.24) is 14.5 Å². The number of para-hydroxylation sites is 1. The average Bonchev–Trinajstić information content (AvgIpc) is 3.69. The van der Waals surface area contributed by atoms with Gasteiger partial charge in [0.15, 0.2) is 11.5 Å². The highest BCUT2D eigenvalue weighted by Crippen LogP contribution is 2.50. The number of piperidine rings is 1. The zero-order valence-electron chi connectivity index (χ0n) is 25.0. The van der Waals surface area contributed by atoms with Crippen LogP contribution in [0.15, 0.2) is 54.6 Å². The van der Waals surface area contributed by atoms with Crippen molar-refractivity contribution in [3.63, 3.8) is 0 Å². The fraction of sp³-hybridized carbons (Fsp3) is 0.412. The molecule has 9 nitrogen and oxygen atoms in total. The van der Waals surface area contributed by atoms with Crippen molar-refractivity contribution in [3.05, 3.63) is 82.4 Å². The zero-order valence-corrected chi connectivity index (χ0v) is 25.8. The lowest BCUT2D eigenvalue weighted by molar-refractivity contribution is -0.0712. The number of ether oxygens (including phenoxy) is 4. The Labute approximate surface area is 265 Å². The van der Waals surface area contributed by atoms with Gasteiger partial charge in [0, 0.05) is 29.8 Å². The maximum atomic E-state index is 14.9. The van der Waals surface area contributed by atoms with E-state index in [1.54, 1.807) is 24.0 Å². The molecule has 0 bridgehead atoms. The Morgan fingerprint density at radius 3 is 2.60 bits per heavy atom. The largest absolute Gasteiger partial charge is 0.447 e. The molecule has 0 aliphatic carbocycles. The van der Waals surface area contributed by atoms with E-state index in [1.807, 2.05) is 24.3 Å². The molecule has 4 aromatic rings. The van der Waals surface area contributed by atoms with Crippen LogP contribution in [0, 0.1) is 5.82 Å². The molecule has 45 heavy (non-hydrogen) atoms. The lowest BCUT2D eigenvalue weighted by Gasteiger charge is -2.33. The van der Waals surface area contributed by atoms with Gasteiger partial charge in [0.25, 0.3) is 5.79 Å². The summed E-state index contributed by atoms with van der Waals surface area (Å²) in [5, 5.41) is 0.327. The second kappa shape index (κ2) is 11.2. The molecule has 3 saturated heterocycles. The number of rotatable bonds is 7. The van der Waals surface area contributed by atoms with Crippen LogP contribution in [0.1, 0.15) is 49.1 Å². The van der Waals surface area contributed by atoms with Crippen molar-refractivity contribution in [3.8, 4) is 11.5 Å². The molecular formula is C34H34ClFN4O5. The molecule has 1 amide bonds. The van der Waals surface area contributed by atoms with E-state index in [-0.39, 0.29) is 18.1 Å². The quantitative estimate of drug-likeness (QED) is 0.227. The van der Waals surface area contributed by atoms with Crippen molar-refractivity contribution >= 4 is 34.4 Å². The van der Waals surface area contributed by atoms with Crippen molar-refractivity contribution in [1.29, 1.82) is 0 Å². The number of carbonyl (C=O) groups excluding carboxylic acids is 1. The van der Waals surface area contributed by atoms with Crippen molar-refractivity contribution < 1.29 is 28.1 Å². The Morgan fingerprint density at radius 2 is 1.87 bits per heavy atom. The fourth-order valence-corrected chi connectivity index (χ4v) is 7.12. The molecule has 8 rings (SSSR count). The van der Waals surface area contributed by atoms with E-state index in [0.717, 1.165) is 80.2 Å². The number of imidazole rings is 1. The van der Waals surface area contributed by atoms with Gasteiger partial charge in [0.05, 0.1) is 42.3 Å². The van der Waals surface area contributed by atoms with Crippen LogP contribution >= 0.6 is 11.6 Å². The molecule has 1 aromatic heterocycles. The Balaban J connectivity index is 0.993. The minimum Gasteiger partial charge on any atom is -0.447 e. The number of hydrogen-bond donors (Lipinski definition) is 0. The summed E-state index contributed by atoms with van der Waals surface area (Å²) in [6.45, 7) is 6.75. The molecule has 0 spiro atoms. The number of likely N-dealkylation sites (tertiary alicyclic amines) is 1. The first-order valence-electron chi connectivity index (χ1n) is 15.6. The summed E-state index contributed by atoms with van der Waals surface area (Å²) in [5.41, 5.74) is 4.12. The minimum absolute atomic E-state index is 0.189. The predicted molar refractivity (Wildman–Crippen MR) is 166 cm³/mol. The van der Waals surface area contributed by atoms with Crippen molar-refractivity contribution in [2.24, 2.45) is 0 Å². The van der Waals surface area contributed by atoms with Crippen LogP contribution in [0.4, 0.5) is 14.9 Å². The summed E-state index contributed by atoms with van der Waals surface area (Å²) in [6.07, 6.45) is 2.80. The smallest absolute Gasteiger partial charge is 0.414 e. The number of aromatic nitrogens is 2. The second-order valence-corrected chi connectivity index (χ2v) is 12.8. The van der Waals surface area contributed by atoms with E-state index < -0.39 is 11.6 Å². The Hall–Kier alpha value is -3.86. The maximum Gasteiger partial charge on any atom is 0.414 e. The molecular weight excluding hydrogens is 599 g/mol. The Kier molecular flexibility index (Phi) is 7.11. The van der Waals surface area contributed by atoms with Crippen LogP contribution in [0.5, 0.6) is 11.5 Å². The van der Waals surface area contributed by atoms with Gasteiger partial charge in [-0.25, -0.2) is 14.2 Å². The number of amides is 1. The third-order valence-corrected chi connectivity index (χ3v) is 9.72. The van der Waals surface area contributed by atoms with Crippen LogP contribution < -0.4 is 14.4 Å². The molecule has 234 valence electrons. The maximum absolute atomic E-state index is 14.9. The van der Waals surface area contributed by atoms with E-state index >= 15 is 0 Å². The summed E-state index contributed by atoms with van der Waals surface area (Å²) in [5.74, 6) is 0.859. The summed E-state index contributed by atoms with van der Waals surface area (Å²) in [6, 6.07) is 16.5. The van der Waals surface area contributed by atoms with Crippen LogP contribution in [-0.4, -0.2) is 59.5 Å². The first-order chi connectivity index (χ1) is 21.8. The number of anilines is 1. The van der Waals surface area contributed by atoms with Gasteiger partial charge in [-0.05, 0) is 80.7 Å². The predicted octanol–water partition coefficient (Wildman–Crippen LogP) is 6.60. The number of fused-ring (bicyclic) bond motifs is 2. The number of benzene rings is 3. The second-order valence-electron chi connectivity index (χ2n) is 12.4. The van der Waals surface area contributed by atoms with Gasteiger partial charge in [-0.2, -0.15) is 0 Å². The number of carbonyl (C=O) groups is 1. The van der Waals surface area contributed by atoms with Crippen molar-refractivity contribution in [2.75, 3.05) is 37.7 Å². The monoisotopic (exact) mass is 632 g/mol. The molecule has 1 unspecified atom stereocenters. The van der Waals surface area contributed by atoms with E-state index in [1.165, 1.54) is 6.07 Å². The molecule has 0 radical (unpaired) electrons. The highest BCUT2D eigenvalue weighted by atomic mass is 35.5. The van der Waals surface area contributed by atoms with Crippen LogP contribution in [0.25, 0.3) is 11.0 Å². The van der Waals surface area contributed by atoms with Crippen LogP contribution in [-0.2, 0) is 28.4 Å². The Morgan fingerprint density at radius 1 is 1.02 bits per heavy atom. The van der Waals surface area contributed by atoms with Gasteiger partial charge in [-0.3, -0.25) is 9.80 Å². The molecule has 4 aliphatic rings. The number of halogens is 2. The molecule has 4 aliphatic heterocycles. The van der Waals surface area contributed by atoms with Crippen molar-refractivity contribution in [2.45, 2.75) is 57.1 Å². The normalized spacial score (nSPS) is 23.5. The summed E-state index contributed by atoms with van der Waals surface area (Å²) in [7, 11) is 0. The van der Waals surface area contributed by atoms with E-state index in [0.29, 0.717) is 35.2 Å². The molecule has 2 atom stereocenters. The SMILES string of the molecule is CC1(c2ccc(Cl)cc2F)Oc2cccc(C3CCN(Cc4nc5cc(N6CCOC6=O)ccc5n4C[C@@H]4CCO4)CC3)c2O1. The fourth-order valence-electron chi connectivity index (χ4n) is 6.96. The zero-order chi connectivity index (χ0) is 30.7. The molecule has 3 aromatic carbocycles. The van der Waals surface area contributed by atoms with Gasteiger partial charge >= 0.3 is 6.09 Å². The van der Waals surface area contributed by atoms with Gasteiger partial charge in [0.2, 0.25) is 0 Å². The van der Waals surface area contributed by atoms with E-state index in [9.17, 15) is 9.18 Å². The summed E-state index contributed by atoms with van der Waals surface area (Å²) >= 11 is 5.99. The number of hydrogen-bond acceptors (Lipinski definition) is 7. The lowest BCUT2D eigenvalue weighted by atomic mass is 9.88. The van der Waals surface area contributed by atoms with E-state index in [4.69, 9.17) is 35.5 Å². The topological polar surface area (TPSA) is 78.3 Å². The third kappa shape index (κ3) is 5.18. The lowest BCUT2D eigenvalue weighted by Crippen LogP contribution is -2.35. The van der Waals surface area contributed by atoms with Crippen LogP contribution in [0.3, 0.4) is 0 Å². The van der Waals surface area contributed by atoms with Gasteiger partial charge in [-0.1, -0.05) is 23.7 Å². The highest BCUT2D eigenvalue weighted by molar-refractivity contribution is 6.30. The third-order valence-electron chi connectivity index (χ3n) is 9.49. The molecule has 5 heterocycles. The standard InChI is InChI=1S/C34H34ClFN4O5/c1-34(26-7-5-22(35)17-27(26)36)44-30-4-2-3-25(32(30)45-34)21-9-12-38(13-10-21)20-31-37-28-18-23(39-14-16-43-33(39)41)6-8-29(28)40(31)19-24-11-15-42-24/h2-8,17-18,21,24H,9-16,19-20H2,1H3/t24-,34?/m0/s1. The van der Waals surface area contributed by atoms with Crippen LogP contribution in [0.2, 0.25) is 5.02 Å². The molecule has 3 fully saturated rings. The van der Waals surface area contributed by atoms with Gasteiger partial charge in [0.1, 0.15) is 18.2 Å². The summed E-state index contributed by atoms with van der Waals surface area (Å²) in [4.78, 5) is 21.3. The van der Waals surface area contributed by atoms with Gasteiger partial charge in [-0.15, -0.1) is 0 Å². The minimum atomic E-state index is -1.27. The summed E-state index contributed by atoms with van der Waals surface area (Å²) < 4.78 is 40.7. The van der Waals surface area contributed by atoms with E-state index in [2.05, 4.69) is 21.6 Å². The average molecular weight is 633 g/mol. The number of cyclic esters (lactones) is 1. The first-order valence-corrected chi connectivity index (χ1v) is 16.0. The number of nitrogens with zero attached hydrogens (tertiary/aromatic N) is 4. The molecule has 11 heteroatoms. The van der Waals surface area contributed by atoms with Gasteiger partial charge < -0.3 is 23.5 Å². The molecule has 0 N–H and O–H groups in total. The molecule has 0 saturated carbocycles. The Bertz CT molecular complexity index is 1790. The highest BCUT2D eigenvalue weighted by Gasteiger charge is 2.43. The first kappa shape index (κ1) is 28.6.